The Morgan fingerprint density at radius 2 is 2.00 bits per heavy atom. The molecule has 0 aliphatic carbocycles. The number of benzene rings is 2. The molecule has 0 N–H and O–H groups in total. The summed E-state index contributed by atoms with van der Waals surface area (Å²) >= 11 is -0.0872. The summed E-state index contributed by atoms with van der Waals surface area (Å²) in [6, 6.07) is 11.1. The fourth-order valence-corrected chi connectivity index (χ4v) is 5.68. The summed E-state index contributed by atoms with van der Waals surface area (Å²) in [4.78, 5) is 0. The van der Waals surface area contributed by atoms with Crippen LogP contribution in [0, 0.1) is 13.6 Å². The molecule has 0 nitrogen and oxygen atoms in total. The van der Waals surface area contributed by atoms with E-state index in [0.29, 0.717) is 0 Å². The molecule has 0 atom stereocenters. The minimum atomic E-state index is -0.0872. The molecule has 20 heavy (non-hydrogen) atoms. The summed E-state index contributed by atoms with van der Waals surface area (Å²) in [5.41, 5.74) is 2.83. The number of fused-ring (bicyclic) bond motifs is 2. The van der Waals surface area contributed by atoms with E-state index >= 15 is 0 Å². The largest absolute Gasteiger partial charge is 0.0990 e. The van der Waals surface area contributed by atoms with Crippen molar-refractivity contribution in [1.29, 1.82) is 0 Å². The second-order valence-corrected chi connectivity index (χ2v) is 7.72. The minimum Gasteiger partial charge on any atom is -0.0990 e. The number of hydrogen-bond acceptors (Lipinski definition) is 0. The van der Waals surface area contributed by atoms with Crippen molar-refractivity contribution in [2.24, 2.45) is 0 Å². The first kappa shape index (κ1) is 13.5. The maximum absolute atomic E-state index is 3.84. The molecule has 2 aromatic carbocycles. The molecule has 1 heterocycles. The highest BCUT2D eigenvalue weighted by molar-refractivity contribution is 14.2. The van der Waals surface area contributed by atoms with E-state index in [1.165, 1.54) is 33.5 Å². The molecule has 0 amide bonds. The quantitative estimate of drug-likeness (QED) is 0.577. The summed E-state index contributed by atoms with van der Waals surface area (Å²) in [5.74, 6) is 0. The zero-order valence-electron chi connectivity index (χ0n) is 11.8. The van der Waals surface area contributed by atoms with E-state index in [2.05, 4.69) is 69.0 Å². The van der Waals surface area contributed by atoms with Crippen LogP contribution in [-0.2, 0) is 0 Å². The van der Waals surface area contributed by atoms with Gasteiger partial charge in [-0.2, -0.15) is 0 Å². The third kappa shape index (κ3) is 2.20. The van der Waals surface area contributed by atoms with Crippen molar-refractivity contribution in [3.8, 4) is 0 Å². The molecule has 0 radical (unpaired) electrons. The van der Waals surface area contributed by atoms with Crippen LogP contribution in [0.25, 0.3) is 18.2 Å². The Morgan fingerprint density at radius 1 is 1.20 bits per heavy atom. The molecule has 0 fully saturated rings. The molecular weight excluding hydrogens is 355 g/mol. The standard InChI is InChI=1S/C19H17I/c1-4-8-14-12-19-17(13(3)16(14)5-2)11-15-9-6-7-10-18(15)20-19/h4-12H,1H2,2-3H3/b14-8-,16-5-. The summed E-state index contributed by atoms with van der Waals surface area (Å²) in [6.45, 7) is 8.19. The third-order valence-electron chi connectivity index (χ3n) is 3.65. The monoisotopic (exact) mass is 372 g/mol. The first-order chi connectivity index (χ1) is 9.74. The topological polar surface area (TPSA) is 0 Å². The normalized spacial score (nSPS) is 14.5. The van der Waals surface area contributed by atoms with Crippen LogP contribution in [-0.4, -0.2) is 0 Å². The zero-order chi connectivity index (χ0) is 14.1. The molecule has 0 saturated heterocycles. The molecule has 1 aliphatic rings. The Morgan fingerprint density at radius 3 is 2.75 bits per heavy atom. The van der Waals surface area contributed by atoms with Crippen LogP contribution in [0.2, 0.25) is 0 Å². The van der Waals surface area contributed by atoms with E-state index < -0.39 is 0 Å². The molecule has 3 rings (SSSR count). The first-order valence-corrected chi connectivity index (χ1v) is 8.91. The van der Waals surface area contributed by atoms with Gasteiger partial charge in [0.05, 0.1) is 0 Å². The van der Waals surface area contributed by atoms with Crippen molar-refractivity contribution in [3.63, 3.8) is 0 Å². The highest BCUT2D eigenvalue weighted by atomic mass is 127. The molecule has 0 spiro atoms. The lowest BCUT2D eigenvalue weighted by Crippen LogP contribution is -2.29. The molecule has 0 unspecified atom stereocenters. The lowest BCUT2D eigenvalue weighted by molar-refractivity contribution is 1.32. The summed E-state index contributed by atoms with van der Waals surface area (Å²) < 4.78 is 3.05. The second-order valence-electron chi connectivity index (χ2n) is 4.85. The SMILES string of the molecule is C=C/C=c1/cc2c(c(C)/c1=C/C)C=c1ccccc1=I2. The highest BCUT2D eigenvalue weighted by Crippen LogP contribution is 2.23. The van der Waals surface area contributed by atoms with Crippen LogP contribution in [0.1, 0.15) is 18.1 Å². The van der Waals surface area contributed by atoms with Gasteiger partial charge in [0, 0.05) is 6.72 Å². The van der Waals surface area contributed by atoms with E-state index in [4.69, 9.17) is 0 Å². The van der Waals surface area contributed by atoms with E-state index in [1.54, 1.807) is 0 Å². The van der Waals surface area contributed by atoms with Crippen molar-refractivity contribution in [1.82, 2.24) is 0 Å². The fraction of sp³-hybridized carbons (Fsp3) is 0.105. The average Bonchev–Trinajstić information content (AvgIpc) is 2.46. The Bertz CT molecular complexity index is 931. The van der Waals surface area contributed by atoms with Crippen molar-refractivity contribution >= 4 is 39.0 Å². The van der Waals surface area contributed by atoms with Crippen LogP contribution >= 0.6 is 20.7 Å². The summed E-state index contributed by atoms with van der Waals surface area (Å²) in [7, 11) is 0. The Balaban J connectivity index is 2.47. The van der Waals surface area contributed by atoms with Gasteiger partial charge < -0.3 is 0 Å². The van der Waals surface area contributed by atoms with Gasteiger partial charge in [-0.05, 0) is 58.8 Å². The van der Waals surface area contributed by atoms with Gasteiger partial charge in [0.15, 0.2) is 0 Å². The molecule has 0 bridgehead atoms. The van der Waals surface area contributed by atoms with E-state index in [1.807, 2.05) is 6.08 Å². The smallest absolute Gasteiger partial charge is 0.0164 e. The fourth-order valence-electron chi connectivity index (χ4n) is 2.68. The van der Waals surface area contributed by atoms with Crippen molar-refractivity contribution in [2.75, 3.05) is 0 Å². The second kappa shape index (κ2) is 5.49. The maximum Gasteiger partial charge on any atom is 0.0164 e. The molecule has 0 saturated carbocycles. The van der Waals surface area contributed by atoms with Gasteiger partial charge in [0.1, 0.15) is 0 Å². The van der Waals surface area contributed by atoms with Gasteiger partial charge in [-0.3, -0.25) is 0 Å². The molecular formula is C19H17I. The van der Waals surface area contributed by atoms with E-state index in [-0.39, 0.29) is 20.7 Å². The first-order valence-electron chi connectivity index (χ1n) is 6.76. The maximum atomic E-state index is 3.84. The molecule has 2 aromatic rings. The van der Waals surface area contributed by atoms with Gasteiger partial charge in [-0.15, -0.1) is 0 Å². The number of rotatable bonds is 1. The van der Waals surface area contributed by atoms with Gasteiger partial charge >= 0.3 is 0 Å². The highest BCUT2D eigenvalue weighted by Gasteiger charge is 2.08. The molecule has 1 aliphatic heterocycles. The van der Waals surface area contributed by atoms with Gasteiger partial charge in [0.25, 0.3) is 0 Å². The van der Waals surface area contributed by atoms with Crippen LogP contribution in [0.5, 0.6) is 0 Å². The van der Waals surface area contributed by atoms with Crippen LogP contribution in [0.15, 0.2) is 43.0 Å². The predicted octanol–water partition coefficient (Wildman–Crippen LogP) is 3.00. The zero-order valence-corrected chi connectivity index (χ0v) is 13.9. The lowest BCUT2D eigenvalue weighted by Gasteiger charge is -2.11. The van der Waals surface area contributed by atoms with Crippen molar-refractivity contribution in [3.05, 3.63) is 76.5 Å². The Hall–Kier alpha value is -1.48. The van der Waals surface area contributed by atoms with Crippen molar-refractivity contribution < 1.29 is 0 Å². The molecule has 1 heteroatoms. The average molecular weight is 372 g/mol. The van der Waals surface area contributed by atoms with Gasteiger partial charge in [0.2, 0.25) is 0 Å². The summed E-state index contributed by atoms with van der Waals surface area (Å²) in [5, 5.41) is 4.04. The Labute approximate surface area is 129 Å². The van der Waals surface area contributed by atoms with E-state index in [9.17, 15) is 0 Å². The van der Waals surface area contributed by atoms with Gasteiger partial charge in [-0.1, -0.05) is 63.7 Å². The third-order valence-corrected chi connectivity index (χ3v) is 6.69. The van der Waals surface area contributed by atoms with Crippen molar-refractivity contribution in [2.45, 2.75) is 13.8 Å². The van der Waals surface area contributed by atoms with Crippen LogP contribution in [0.3, 0.4) is 0 Å². The van der Waals surface area contributed by atoms with Gasteiger partial charge in [-0.25, -0.2) is 0 Å². The van der Waals surface area contributed by atoms with Crippen LogP contribution < -0.4 is 15.7 Å². The van der Waals surface area contributed by atoms with Crippen LogP contribution in [0.4, 0.5) is 0 Å². The number of hydrogen-bond donors (Lipinski definition) is 0. The predicted molar refractivity (Wildman–Crippen MR) is 96.4 cm³/mol. The Kier molecular flexibility index (Phi) is 3.70. The lowest BCUT2D eigenvalue weighted by atomic mass is 10.0. The summed E-state index contributed by atoms with van der Waals surface area (Å²) in [6.07, 6.45) is 8.56. The minimum absolute atomic E-state index is 0.0872. The molecule has 0 aromatic heterocycles. The van der Waals surface area contributed by atoms with E-state index in [0.717, 1.165) is 0 Å². The molecule has 100 valence electrons. The number of allylic oxidation sites excluding steroid dienone is 1. The number of halogens is 1.